The lowest BCUT2D eigenvalue weighted by Crippen LogP contribution is -2.09. The summed E-state index contributed by atoms with van der Waals surface area (Å²) in [5.74, 6) is 0.686. The molecule has 0 aliphatic carbocycles. The summed E-state index contributed by atoms with van der Waals surface area (Å²) < 4.78 is 0. The molecule has 0 atom stereocenters. The largest absolute Gasteiger partial charge is 0.310 e. The lowest BCUT2D eigenvalue weighted by atomic mass is 10.1. The number of thiophene rings is 1. The minimum absolute atomic E-state index is 0.00583. The molecule has 2 heterocycles. The van der Waals surface area contributed by atoms with Crippen molar-refractivity contribution < 1.29 is 0 Å². The number of hydrogen-bond donors (Lipinski definition) is 1. The molecule has 14 heavy (non-hydrogen) atoms. The normalized spacial score (nSPS) is 11.1. The maximum atomic E-state index is 11.7. The van der Waals surface area contributed by atoms with Crippen molar-refractivity contribution >= 4 is 21.6 Å². The summed E-state index contributed by atoms with van der Waals surface area (Å²) in [4.78, 5) is 20.8. The molecule has 2 rings (SSSR count). The van der Waals surface area contributed by atoms with Crippen molar-refractivity contribution in [1.82, 2.24) is 9.97 Å². The van der Waals surface area contributed by atoms with Crippen LogP contribution in [0.3, 0.4) is 0 Å². The Morgan fingerprint density at radius 3 is 2.79 bits per heavy atom. The number of H-pyrrole nitrogens is 1. The van der Waals surface area contributed by atoms with Gasteiger partial charge in [-0.2, -0.15) is 0 Å². The molecule has 0 saturated carbocycles. The van der Waals surface area contributed by atoms with Crippen LogP contribution in [0, 0.1) is 13.8 Å². The Hall–Kier alpha value is -1.16. The Labute approximate surface area is 85.8 Å². The van der Waals surface area contributed by atoms with E-state index in [1.54, 1.807) is 11.3 Å². The first-order valence-corrected chi connectivity index (χ1v) is 5.44. The maximum absolute atomic E-state index is 11.7. The van der Waals surface area contributed by atoms with Crippen LogP contribution in [-0.4, -0.2) is 9.97 Å². The molecule has 0 amide bonds. The summed E-state index contributed by atoms with van der Waals surface area (Å²) in [6, 6.07) is 0. The Morgan fingerprint density at radius 2 is 2.14 bits per heavy atom. The highest BCUT2D eigenvalue weighted by atomic mass is 32.1. The fourth-order valence-corrected chi connectivity index (χ4v) is 2.87. The number of aromatic amines is 1. The molecular formula is C10H12N2OS. The summed E-state index contributed by atoms with van der Waals surface area (Å²) >= 11 is 1.60. The summed E-state index contributed by atoms with van der Waals surface area (Å²) in [6.45, 7) is 5.91. The van der Waals surface area contributed by atoms with Crippen LogP contribution in [0.15, 0.2) is 4.79 Å². The summed E-state index contributed by atoms with van der Waals surface area (Å²) in [6.07, 6.45) is 0.889. The van der Waals surface area contributed by atoms with E-state index in [9.17, 15) is 4.79 Å². The first-order valence-electron chi connectivity index (χ1n) is 4.62. The zero-order valence-electron chi connectivity index (χ0n) is 8.47. The molecule has 0 aromatic carbocycles. The Kier molecular flexibility index (Phi) is 2.15. The van der Waals surface area contributed by atoms with E-state index in [0.29, 0.717) is 5.82 Å². The van der Waals surface area contributed by atoms with Crippen LogP contribution in [0.4, 0.5) is 0 Å². The van der Waals surface area contributed by atoms with Gasteiger partial charge in [0.1, 0.15) is 10.7 Å². The molecule has 0 bridgehead atoms. The molecule has 74 valence electrons. The molecule has 1 N–H and O–H groups in total. The van der Waals surface area contributed by atoms with Crippen LogP contribution < -0.4 is 5.56 Å². The van der Waals surface area contributed by atoms with Crippen LogP contribution in [0.1, 0.15) is 23.2 Å². The predicted molar refractivity (Wildman–Crippen MR) is 59.1 cm³/mol. The number of aryl methyl sites for hydroxylation is 3. The average molecular weight is 208 g/mol. The highest BCUT2D eigenvalue weighted by molar-refractivity contribution is 7.18. The molecule has 2 aromatic heterocycles. The summed E-state index contributed by atoms with van der Waals surface area (Å²) in [5.41, 5.74) is 1.13. The number of hydrogen-bond acceptors (Lipinski definition) is 3. The first-order chi connectivity index (χ1) is 6.63. The van der Waals surface area contributed by atoms with E-state index in [1.165, 1.54) is 4.88 Å². The predicted octanol–water partition coefficient (Wildman–Crippen LogP) is 2.16. The summed E-state index contributed by atoms with van der Waals surface area (Å²) in [5, 5.41) is 0.778. The lowest BCUT2D eigenvalue weighted by molar-refractivity contribution is 1.06. The third-order valence-electron chi connectivity index (χ3n) is 2.33. The monoisotopic (exact) mass is 208 g/mol. The molecular weight excluding hydrogens is 196 g/mol. The molecule has 0 unspecified atom stereocenters. The van der Waals surface area contributed by atoms with Gasteiger partial charge in [-0.15, -0.1) is 11.3 Å². The molecule has 0 spiro atoms. The van der Waals surface area contributed by atoms with Crippen molar-refractivity contribution in [2.75, 3.05) is 0 Å². The molecule has 2 aromatic rings. The zero-order valence-corrected chi connectivity index (χ0v) is 9.29. The van der Waals surface area contributed by atoms with Crippen molar-refractivity contribution in [3.05, 3.63) is 26.6 Å². The van der Waals surface area contributed by atoms with Crippen molar-refractivity contribution in [2.45, 2.75) is 27.2 Å². The van der Waals surface area contributed by atoms with Crippen LogP contribution in [-0.2, 0) is 6.42 Å². The minimum atomic E-state index is -0.00583. The smallest absolute Gasteiger partial charge is 0.259 e. The minimum Gasteiger partial charge on any atom is -0.310 e. The zero-order chi connectivity index (χ0) is 10.3. The topological polar surface area (TPSA) is 45.8 Å². The van der Waals surface area contributed by atoms with Gasteiger partial charge in [0.25, 0.3) is 5.56 Å². The fraction of sp³-hybridized carbons (Fsp3) is 0.400. The van der Waals surface area contributed by atoms with Gasteiger partial charge in [-0.05, 0) is 25.8 Å². The second-order valence-electron chi connectivity index (χ2n) is 3.32. The second-order valence-corrected chi connectivity index (χ2v) is 4.53. The molecule has 0 aliphatic heterocycles. The second kappa shape index (κ2) is 3.20. The SMILES string of the molecule is CCc1c(C)sc2nc(C)[nH]c(=O)c12. The van der Waals surface area contributed by atoms with Gasteiger partial charge in [0.15, 0.2) is 0 Å². The molecule has 4 heteroatoms. The van der Waals surface area contributed by atoms with Crippen molar-refractivity contribution in [1.29, 1.82) is 0 Å². The maximum Gasteiger partial charge on any atom is 0.259 e. The highest BCUT2D eigenvalue weighted by Crippen LogP contribution is 2.26. The van der Waals surface area contributed by atoms with Gasteiger partial charge in [-0.3, -0.25) is 4.79 Å². The number of nitrogens with zero attached hydrogens (tertiary/aromatic N) is 1. The van der Waals surface area contributed by atoms with Crippen LogP contribution in [0.5, 0.6) is 0 Å². The van der Waals surface area contributed by atoms with E-state index in [1.807, 2.05) is 13.8 Å². The number of fused-ring (bicyclic) bond motifs is 1. The van der Waals surface area contributed by atoms with Gasteiger partial charge in [0.05, 0.1) is 5.39 Å². The van der Waals surface area contributed by atoms with Crippen molar-refractivity contribution in [3.8, 4) is 0 Å². The molecule has 0 saturated heterocycles. The lowest BCUT2D eigenvalue weighted by Gasteiger charge is -1.95. The van der Waals surface area contributed by atoms with Gasteiger partial charge in [-0.25, -0.2) is 4.98 Å². The summed E-state index contributed by atoms with van der Waals surface area (Å²) in [7, 11) is 0. The van der Waals surface area contributed by atoms with E-state index in [0.717, 1.165) is 22.2 Å². The van der Waals surface area contributed by atoms with E-state index in [2.05, 4.69) is 16.9 Å². The average Bonchev–Trinajstić information content (AvgIpc) is 2.40. The standard InChI is InChI=1S/C10H12N2OS/c1-4-7-5(2)14-10-8(7)9(13)11-6(3)12-10/h4H2,1-3H3,(H,11,12,13). The van der Waals surface area contributed by atoms with Crippen LogP contribution in [0.25, 0.3) is 10.2 Å². The van der Waals surface area contributed by atoms with Gasteiger partial charge >= 0.3 is 0 Å². The van der Waals surface area contributed by atoms with Crippen molar-refractivity contribution in [2.24, 2.45) is 0 Å². The van der Waals surface area contributed by atoms with Gasteiger partial charge in [-0.1, -0.05) is 6.92 Å². The molecule has 0 fully saturated rings. The van der Waals surface area contributed by atoms with Gasteiger partial charge in [0, 0.05) is 4.88 Å². The Balaban J connectivity index is 2.95. The van der Waals surface area contributed by atoms with Gasteiger partial charge in [0.2, 0.25) is 0 Å². The van der Waals surface area contributed by atoms with E-state index < -0.39 is 0 Å². The fourth-order valence-electron chi connectivity index (χ4n) is 1.71. The Bertz CT molecular complexity index is 539. The Morgan fingerprint density at radius 1 is 1.43 bits per heavy atom. The van der Waals surface area contributed by atoms with E-state index in [4.69, 9.17) is 0 Å². The van der Waals surface area contributed by atoms with Crippen LogP contribution >= 0.6 is 11.3 Å². The number of rotatable bonds is 1. The number of nitrogens with one attached hydrogen (secondary N) is 1. The van der Waals surface area contributed by atoms with Crippen molar-refractivity contribution in [3.63, 3.8) is 0 Å². The highest BCUT2D eigenvalue weighted by Gasteiger charge is 2.11. The quantitative estimate of drug-likeness (QED) is 0.780. The van der Waals surface area contributed by atoms with Gasteiger partial charge < -0.3 is 4.98 Å². The third-order valence-corrected chi connectivity index (χ3v) is 3.38. The molecule has 0 aliphatic rings. The first kappa shape index (κ1) is 9.40. The molecule has 3 nitrogen and oxygen atoms in total. The molecule has 0 radical (unpaired) electrons. The van der Waals surface area contributed by atoms with E-state index in [-0.39, 0.29) is 5.56 Å². The third kappa shape index (κ3) is 1.26. The van der Waals surface area contributed by atoms with E-state index >= 15 is 0 Å². The van der Waals surface area contributed by atoms with Crippen LogP contribution in [0.2, 0.25) is 0 Å². The number of aromatic nitrogens is 2.